The summed E-state index contributed by atoms with van der Waals surface area (Å²) in [4.78, 5) is 0. The third-order valence-corrected chi connectivity index (χ3v) is 3.96. The van der Waals surface area contributed by atoms with Crippen LogP contribution in [-0.2, 0) is 14.2 Å². The second-order valence-electron chi connectivity index (χ2n) is 6.84. The summed E-state index contributed by atoms with van der Waals surface area (Å²) in [5.41, 5.74) is 0.221. The second kappa shape index (κ2) is 16.3. The average Bonchev–Trinajstić information content (AvgIpc) is 2.52. The van der Waals surface area contributed by atoms with Crippen molar-refractivity contribution in [1.29, 1.82) is 0 Å². The van der Waals surface area contributed by atoms with Gasteiger partial charge in [-0.25, -0.2) is 0 Å². The molecular formula is C20H40O3. The van der Waals surface area contributed by atoms with Gasteiger partial charge in [-0.2, -0.15) is 0 Å². The molecule has 0 saturated carbocycles. The minimum atomic E-state index is 0.221. The van der Waals surface area contributed by atoms with E-state index in [1.54, 1.807) is 0 Å². The molecule has 0 amide bonds. The Morgan fingerprint density at radius 1 is 0.739 bits per heavy atom. The van der Waals surface area contributed by atoms with E-state index in [4.69, 9.17) is 14.2 Å². The lowest BCUT2D eigenvalue weighted by molar-refractivity contribution is 0.0339. The van der Waals surface area contributed by atoms with E-state index in [0.29, 0.717) is 26.4 Å². The van der Waals surface area contributed by atoms with E-state index in [0.717, 1.165) is 6.61 Å². The number of hydrogen-bond donors (Lipinski definition) is 0. The highest BCUT2D eigenvalue weighted by molar-refractivity contribution is 4.90. The molecule has 0 aromatic heterocycles. The maximum atomic E-state index is 5.50. The maximum absolute atomic E-state index is 5.50. The zero-order valence-electron chi connectivity index (χ0n) is 16.1. The molecule has 0 aliphatic rings. The molecule has 0 unspecified atom stereocenters. The first-order chi connectivity index (χ1) is 11.1. The molecule has 0 heterocycles. The molecule has 0 N–H and O–H groups in total. The summed E-state index contributed by atoms with van der Waals surface area (Å²) < 4.78 is 16.1. The topological polar surface area (TPSA) is 27.7 Å². The van der Waals surface area contributed by atoms with Gasteiger partial charge in [-0.3, -0.25) is 0 Å². The minimum absolute atomic E-state index is 0.221. The van der Waals surface area contributed by atoms with Crippen molar-refractivity contribution in [1.82, 2.24) is 0 Å². The molecule has 0 bridgehead atoms. The molecule has 0 aliphatic heterocycles. The Bertz CT molecular complexity index is 262. The first kappa shape index (κ1) is 22.5. The van der Waals surface area contributed by atoms with Crippen LogP contribution in [0.5, 0.6) is 0 Å². The van der Waals surface area contributed by atoms with E-state index in [1.165, 1.54) is 51.4 Å². The van der Waals surface area contributed by atoms with Gasteiger partial charge in [0.15, 0.2) is 0 Å². The Balaban J connectivity index is 3.47. The molecule has 138 valence electrons. The van der Waals surface area contributed by atoms with Crippen molar-refractivity contribution in [2.24, 2.45) is 5.41 Å². The third-order valence-electron chi connectivity index (χ3n) is 3.96. The Morgan fingerprint density at radius 3 is 2.04 bits per heavy atom. The molecule has 0 atom stereocenters. The number of unbranched alkanes of at least 4 members (excludes halogenated alkanes) is 6. The summed E-state index contributed by atoms with van der Waals surface area (Å²) in [6.45, 7) is 12.1. The van der Waals surface area contributed by atoms with E-state index in [-0.39, 0.29) is 5.41 Å². The first-order valence-corrected chi connectivity index (χ1v) is 9.57. The highest BCUT2D eigenvalue weighted by atomic mass is 16.5. The minimum Gasteiger partial charge on any atom is -0.499 e. The Morgan fingerprint density at radius 2 is 1.35 bits per heavy atom. The number of rotatable bonds is 17. The van der Waals surface area contributed by atoms with E-state index >= 15 is 0 Å². The predicted octanol–water partition coefficient (Wildman–Crippen LogP) is 5.74. The van der Waals surface area contributed by atoms with Crippen molar-refractivity contribution in [3.05, 3.63) is 12.3 Å². The van der Waals surface area contributed by atoms with Gasteiger partial charge in [-0.05, 0) is 24.8 Å². The quantitative estimate of drug-likeness (QED) is 0.252. The molecule has 0 rings (SSSR count). The van der Waals surface area contributed by atoms with Crippen LogP contribution in [0.4, 0.5) is 0 Å². The summed E-state index contributed by atoms with van der Waals surface area (Å²) in [6, 6.07) is 0. The van der Waals surface area contributed by atoms with Crippen LogP contribution in [-0.4, -0.2) is 33.0 Å². The van der Waals surface area contributed by atoms with Crippen LogP contribution in [0.3, 0.4) is 0 Å². The van der Waals surface area contributed by atoms with Gasteiger partial charge >= 0.3 is 0 Å². The number of hydrogen-bond acceptors (Lipinski definition) is 3. The van der Waals surface area contributed by atoms with Gasteiger partial charge < -0.3 is 14.2 Å². The van der Waals surface area contributed by atoms with Crippen LogP contribution in [0.1, 0.15) is 79.1 Å². The number of ether oxygens (including phenoxy) is 3. The van der Waals surface area contributed by atoms with Crippen LogP contribution >= 0.6 is 0 Å². The van der Waals surface area contributed by atoms with Crippen molar-refractivity contribution in [3.8, 4) is 0 Å². The van der Waals surface area contributed by atoms with Gasteiger partial charge in [0, 0.05) is 6.61 Å². The highest BCUT2D eigenvalue weighted by Crippen LogP contribution is 2.25. The molecule has 0 aromatic rings. The average molecular weight is 329 g/mol. The van der Waals surface area contributed by atoms with Gasteiger partial charge in [-0.15, -0.1) is 0 Å². The fourth-order valence-electron chi connectivity index (χ4n) is 2.39. The highest BCUT2D eigenvalue weighted by Gasteiger charge is 2.13. The zero-order valence-corrected chi connectivity index (χ0v) is 16.1. The van der Waals surface area contributed by atoms with Gasteiger partial charge in [0.1, 0.15) is 6.61 Å². The van der Waals surface area contributed by atoms with Crippen molar-refractivity contribution in [2.45, 2.75) is 79.1 Å². The second-order valence-corrected chi connectivity index (χ2v) is 6.84. The normalized spacial score (nSPS) is 12.2. The lowest BCUT2D eigenvalue weighted by Crippen LogP contribution is -2.09. The number of allylic oxidation sites excluding steroid dienone is 1. The van der Waals surface area contributed by atoms with Crippen LogP contribution in [0.2, 0.25) is 0 Å². The monoisotopic (exact) mass is 328 g/mol. The first-order valence-electron chi connectivity index (χ1n) is 9.57. The van der Waals surface area contributed by atoms with Gasteiger partial charge in [0.2, 0.25) is 0 Å². The SMILES string of the molecule is CCCCCCCCCC(C)(C)C=COCCOCCOCC. The summed E-state index contributed by atoms with van der Waals surface area (Å²) in [5, 5.41) is 0. The van der Waals surface area contributed by atoms with Gasteiger partial charge in [0.25, 0.3) is 0 Å². The lowest BCUT2D eigenvalue weighted by Gasteiger charge is -2.19. The van der Waals surface area contributed by atoms with Crippen LogP contribution in [0, 0.1) is 5.41 Å². The van der Waals surface area contributed by atoms with Crippen molar-refractivity contribution >= 4 is 0 Å². The largest absolute Gasteiger partial charge is 0.499 e. The van der Waals surface area contributed by atoms with Crippen molar-refractivity contribution in [2.75, 3.05) is 33.0 Å². The van der Waals surface area contributed by atoms with E-state index in [1.807, 2.05) is 13.2 Å². The fourth-order valence-corrected chi connectivity index (χ4v) is 2.39. The molecule has 3 nitrogen and oxygen atoms in total. The molecule has 0 aromatic carbocycles. The molecule has 0 fully saturated rings. The molecule has 3 heteroatoms. The lowest BCUT2D eigenvalue weighted by atomic mass is 9.87. The summed E-state index contributed by atoms with van der Waals surface area (Å²) in [7, 11) is 0. The molecule has 0 saturated heterocycles. The molecule has 0 aliphatic carbocycles. The van der Waals surface area contributed by atoms with Crippen molar-refractivity contribution in [3.63, 3.8) is 0 Å². The smallest absolute Gasteiger partial charge is 0.111 e. The third kappa shape index (κ3) is 17.6. The van der Waals surface area contributed by atoms with Gasteiger partial charge in [0.05, 0.1) is 26.1 Å². The van der Waals surface area contributed by atoms with E-state index < -0.39 is 0 Å². The molecular weight excluding hydrogens is 288 g/mol. The van der Waals surface area contributed by atoms with E-state index in [2.05, 4.69) is 26.8 Å². The summed E-state index contributed by atoms with van der Waals surface area (Å²) in [5.74, 6) is 0. The predicted molar refractivity (Wildman–Crippen MR) is 98.8 cm³/mol. The van der Waals surface area contributed by atoms with E-state index in [9.17, 15) is 0 Å². The maximum Gasteiger partial charge on any atom is 0.111 e. The molecule has 0 spiro atoms. The molecule has 23 heavy (non-hydrogen) atoms. The molecule has 0 radical (unpaired) electrons. The van der Waals surface area contributed by atoms with Crippen LogP contribution in [0.25, 0.3) is 0 Å². The summed E-state index contributed by atoms with van der Waals surface area (Å²) >= 11 is 0. The van der Waals surface area contributed by atoms with Crippen LogP contribution in [0.15, 0.2) is 12.3 Å². The standard InChI is InChI=1S/C20H40O3/c1-5-7-8-9-10-11-12-13-20(3,4)14-15-22-18-19-23-17-16-21-6-2/h14-15H,5-13,16-19H2,1-4H3. The Hall–Kier alpha value is -0.540. The van der Waals surface area contributed by atoms with Gasteiger partial charge in [-0.1, -0.05) is 65.7 Å². The van der Waals surface area contributed by atoms with Crippen molar-refractivity contribution < 1.29 is 14.2 Å². The zero-order chi connectivity index (χ0) is 17.2. The Labute approximate surface area is 144 Å². The van der Waals surface area contributed by atoms with Crippen LogP contribution < -0.4 is 0 Å². The summed E-state index contributed by atoms with van der Waals surface area (Å²) in [6.07, 6.45) is 14.8. The fraction of sp³-hybridized carbons (Fsp3) is 0.900. The Kier molecular flexibility index (Phi) is 15.9.